The Kier molecular flexibility index (Phi) is 3.99. The van der Waals surface area contributed by atoms with Crippen LogP contribution in [0.4, 0.5) is 26.3 Å². The molecule has 3 nitrogen and oxygen atoms in total. The van der Waals surface area contributed by atoms with Crippen LogP contribution in [-0.2, 0) is 6.18 Å². The minimum absolute atomic E-state index is 0.106. The molecule has 0 aromatic heterocycles. The first kappa shape index (κ1) is 17.0. The monoisotopic (exact) mass is 411 g/mol. The van der Waals surface area contributed by atoms with E-state index < -0.39 is 28.7 Å². The molecule has 0 fully saturated rings. The summed E-state index contributed by atoms with van der Waals surface area (Å²) in [6.07, 6.45) is -7.28. The van der Waals surface area contributed by atoms with Gasteiger partial charge in [-0.3, -0.25) is 5.01 Å². The quantitative estimate of drug-likeness (QED) is 0.420. The fraction of sp³-hybridized carbons (Fsp3) is 0.214. The molecule has 2 heterocycles. The van der Waals surface area contributed by atoms with E-state index in [4.69, 9.17) is 0 Å². The minimum Gasteiger partial charge on any atom is -0.252 e. The van der Waals surface area contributed by atoms with Crippen LogP contribution in [0.15, 0.2) is 47.1 Å². The summed E-state index contributed by atoms with van der Waals surface area (Å²) in [5.41, 5.74) is 0.838. The molecule has 0 amide bonds. The van der Waals surface area contributed by atoms with Gasteiger partial charge >= 0.3 is 12.4 Å². The van der Waals surface area contributed by atoms with E-state index in [0.717, 1.165) is 29.3 Å². The van der Waals surface area contributed by atoms with Crippen molar-refractivity contribution in [1.82, 2.24) is 10.4 Å². The highest BCUT2D eigenvalue weighted by Crippen LogP contribution is 2.37. The lowest BCUT2D eigenvalue weighted by Gasteiger charge is -2.29. The van der Waals surface area contributed by atoms with Crippen molar-refractivity contribution in [2.75, 3.05) is 0 Å². The molecule has 24 heavy (non-hydrogen) atoms. The van der Waals surface area contributed by atoms with E-state index in [1.807, 2.05) is 0 Å². The Morgan fingerprint density at radius 3 is 2.38 bits per heavy atom. The molecule has 0 saturated carbocycles. The van der Waals surface area contributed by atoms with Crippen LogP contribution in [0.5, 0.6) is 0 Å². The van der Waals surface area contributed by atoms with Crippen LogP contribution in [-0.4, -0.2) is 22.1 Å². The zero-order valence-corrected chi connectivity index (χ0v) is 13.2. The summed E-state index contributed by atoms with van der Waals surface area (Å²) >= 11 is 3.03. The number of hydrogen-bond acceptors (Lipinski definition) is 3. The molecular formula is C14H8BrF6N3. The van der Waals surface area contributed by atoms with Crippen LogP contribution in [0.3, 0.4) is 0 Å². The highest BCUT2D eigenvalue weighted by atomic mass is 79.9. The van der Waals surface area contributed by atoms with Gasteiger partial charge in [0.05, 0.1) is 5.56 Å². The molecule has 1 unspecified atom stereocenters. The highest BCUT2D eigenvalue weighted by molar-refractivity contribution is 9.09. The number of fused-ring (bicyclic) bond motifs is 1. The van der Waals surface area contributed by atoms with E-state index in [2.05, 4.69) is 26.3 Å². The summed E-state index contributed by atoms with van der Waals surface area (Å²) in [6, 6.07) is 4.35. The smallest absolute Gasteiger partial charge is 0.252 e. The number of nitrogens with one attached hydrogen (secondary N) is 1. The third-order valence-electron chi connectivity index (χ3n) is 3.36. The predicted molar refractivity (Wildman–Crippen MR) is 78.7 cm³/mol. The first-order chi connectivity index (χ1) is 11.1. The first-order valence-corrected chi connectivity index (χ1v) is 7.44. The molecule has 2 aliphatic rings. The maximum atomic E-state index is 13.1. The number of allylic oxidation sites excluding steroid dienone is 3. The largest absolute Gasteiger partial charge is 0.432 e. The molecule has 0 spiro atoms. The molecular weight excluding hydrogens is 404 g/mol. The SMILES string of the molecule is FC(F)(F)C1=CC=C(c2cccc(C(F)(F)F)c2)C2=NC(Br)NN12. The molecule has 10 heteroatoms. The number of amidine groups is 1. The van der Waals surface area contributed by atoms with Crippen LogP contribution < -0.4 is 5.43 Å². The second-order valence-electron chi connectivity index (χ2n) is 4.96. The van der Waals surface area contributed by atoms with Gasteiger partial charge < -0.3 is 0 Å². The maximum Gasteiger partial charge on any atom is 0.432 e. The average Bonchev–Trinajstić information content (AvgIpc) is 2.85. The fourth-order valence-corrected chi connectivity index (χ4v) is 2.75. The van der Waals surface area contributed by atoms with Crippen molar-refractivity contribution in [1.29, 1.82) is 0 Å². The van der Waals surface area contributed by atoms with E-state index >= 15 is 0 Å². The molecule has 0 aliphatic carbocycles. The Bertz CT molecular complexity index is 763. The summed E-state index contributed by atoms with van der Waals surface area (Å²) in [5.74, 6) is -0.106. The third kappa shape index (κ3) is 3.07. The van der Waals surface area contributed by atoms with Crippen molar-refractivity contribution in [2.45, 2.75) is 17.4 Å². The van der Waals surface area contributed by atoms with E-state index in [-0.39, 0.29) is 17.0 Å². The lowest BCUT2D eigenvalue weighted by atomic mass is 9.99. The van der Waals surface area contributed by atoms with Crippen LogP contribution >= 0.6 is 15.9 Å². The lowest BCUT2D eigenvalue weighted by Crippen LogP contribution is -2.44. The first-order valence-electron chi connectivity index (χ1n) is 6.53. The summed E-state index contributed by atoms with van der Waals surface area (Å²) < 4.78 is 77.7. The van der Waals surface area contributed by atoms with E-state index in [9.17, 15) is 26.3 Å². The summed E-state index contributed by atoms with van der Waals surface area (Å²) in [5, 5.41) is -0.0970. The lowest BCUT2D eigenvalue weighted by molar-refractivity contribution is -0.137. The van der Waals surface area contributed by atoms with Gasteiger partial charge in [-0.05, 0) is 45.8 Å². The van der Waals surface area contributed by atoms with Crippen molar-refractivity contribution >= 4 is 27.3 Å². The predicted octanol–water partition coefficient (Wildman–Crippen LogP) is 4.45. The summed E-state index contributed by atoms with van der Waals surface area (Å²) in [4.78, 5) is 3.98. The highest BCUT2D eigenvalue weighted by Gasteiger charge is 2.44. The second kappa shape index (κ2) is 5.62. The second-order valence-corrected chi connectivity index (χ2v) is 5.83. The number of benzene rings is 1. The van der Waals surface area contributed by atoms with Crippen molar-refractivity contribution in [2.24, 2.45) is 4.99 Å². The number of rotatable bonds is 1. The van der Waals surface area contributed by atoms with Crippen molar-refractivity contribution in [3.8, 4) is 0 Å². The van der Waals surface area contributed by atoms with Crippen LogP contribution in [0.2, 0.25) is 0 Å². The minimum atomic E-state index is -4.64. The third-order valence-corrected chi connectivity index (χ3v) is 3.77. The van der Waals surface area contributed by atoms with Crippen LogP contribution in [0, 0.1) is 0 Å². The van der Waals surface area contributed by atoms with Gasteiger partial charge in [-0.25, -0.2) is 4.99 Å². The summed E-state index contributed by atoms with van der Waals surface area (Å²) in [6.45, 7) is 0. The molecule has 0 radical (unpaired) electrons. The standard InChI is InChI=1S/C14H8BrF6N3/c15-12-22-11-9(4-5-10(14(19,20)21)24(11)23-12)7-2-1-3-8(6-7)13(16,17)18/h1-6,12,23H. The van der Waals surface area contributed by atoms with Gasteiger partial charge in [-0.15, -0.1) is 0 Å². The van der Waals surface area contributed by atoms with Gasteiger partial charge in [-0.1, -0.05) is 12.1 Å². The Balaban J connectivity index is 2.09. The Morgan fingerprint density at radius 2 is 1.75 bits per heavy atom. The van der Waals surface area contributed by atoms with Gasteiger partial charge in [0, 0.05) is 5.57 Å². The topological polar surface area (TPSA) is 27.6 Å². The number of halogens is 7. The molecule has 128 valence electrons. The number of aliphatic imine (C=N–C) groups is 1. The molecule has 1 N–H and O–H groups in total. The molecule has 1 atom stereocenters. The molecule has 3 rings (SSSR count). The Morgan fingerprint density at radius 1 is 1.04 bits per heavy atom. The number of hydrazine groups is 1. The normalized spacial score (nSPS) is 21.2. The van der Waals surface area contributed by atoms with Crippen LogP contribution in [0.25, 0.3) is 5.57 Å². The van der Waals surface area contributed by atoms with E-state index in [0.29, 0.717) is 0 Å². The summed E-state index contributed by atoms with van der Waals surface area (Å²) in [7, 11) is 0. The van der Waals surface area contributed by atoms with Crippen molar-refractivity contribution < 1.29 is 26.3 Å². The molecule has 1 aromatic rings. The van der Waals surface area contributed by atoms with Gasteiger partial charge in [0.15, 0.2) is 10.9 Å². The van der Waals surface area contributed by atoms with Crippen molar-refractivity contribution in [3.05, 3.63) is 53.2 Å². The zero-order chi connectivity index (χ0) is 17.7. The van der Waals surface area contributed by atoms with Gasteiger partial charge in [0.2, 0.25) is 0 Å². The average molecular weight is 412 g/mol. The number of hydrogen-bond donors (Lipinski definition) is 1. The number of nitrogens with zero attached hydrogens (tertiary/aromatic N) is 2. The van der Waals surface area contributed by atoms with Gasteiger partial charge in [0.1, 0.15) is 5.70 Å². The van der Waals surface area contributed by atoms with Crippen molar-refractivity contribution in [3.63, 3.8) is 0 Å². The number of alkyl halides is 7. The molecule has 0 bridgehead atoms. The van der Waals surface area contributed by atoms with Gasteiger partial charge in [0.25, 0.3) is 0 Å². The Hall–Kier alpha value is -1.81. The van der Waals surface area contributed by atoms with Crippen LogP contribution in [0.1, 0.15) is 11.1 Å². The van der Waals surface area contributed by atoms with E-state index in [1.165, 1.54) is 12.1 Å². The Labute approximate surface area is 140 Å². The molecule has 2 aliphatic heterocycles. The maximum absolute atomic E-state index is 13.1. The van der Waals surface area contributed by atoms with E-state index in [1.54, 1.807) is 0 Å². The molecule has 0 saturated heterocycles. The fourth-order valence-electron chi connectivity index (χ4n) is 2.36. The zero-order valence-electron chi connectivity index (χ0n) is 11.6. The van der Waals surface area contributed by atoms with Gasteiger partial charge in [-0.2, -0.15) is 31.8 Å². The molecule has 1 aromatic carbocycles.